The van der Waals surface area contributed by atoms with Gasteiger partial charge in [0.05, 0.1) is 11.5 Å². The van der Waals surface area contributed by atoms with Crippen molar-refractivity contribution in [1.29, 1.82) is 0 Å². The lowest BCUT2D eigenvalue weighted by Crippen LogP contribution is -2.39. The van der Waals surface area contributed by atoms with Crippen molar-refractivity contribution in [1.82, 2.24) is 0 Å². The minimum Gasteiger partial charge on any atom is -0.487 e. The van der Waals surface area contributed by atoms with E-state index in [2.05, 4.69) is 5.32 Å². The van der Waals surface area contributed by atoms with Crippen LogP contribution >= 0.6 is 0 Å². The Balaban J connectivity index is 3.13. The molecule has 0 bridgehead atoms. The fourth-order valence-electron chi connectivity index (χ4n) is 1.56. The van der Waals surface area contributed by atoms with Gasteiger partial charge in [-0.2, -0.15) is 0 Å². The average Bonchev–Trinajstić information content (AvgIpc) is 2.35. The largest absolute Gasteiger partial charge is 0.487 e. The Kier molecular flexibility index (Phi) is 5.11. The molecule has 1 aromatic carbocycles. The molecule has 0 aliphatic rings. The molecule has 0 unspecified atom stereocenters. The number of hydrogen-bond acceptors (Lipinski definition) is 5. The summed E-state index contributed by atoms with van der Waals surface area (Å²) in [4.78, 5) is 10.8. The number of nitro groups is 1. The molecule has 0 saturated heterocycles. The number of nitrogens with zero attached hydrogens (tertiary/aromatic N) is 1. The second-order valence-electron chi connectivity index (χ2n) is 4.97. The van der Waals surface area contributed by atoms with Crippen LogP contribution in [0.4, 0.5) is 11.4 Å². The normalized spacial score (nSPS) is 11.2. The molecule has 3 N–H and O–H groups in total. The van der Waals surface area contributed by atoms with Crippen LogP contribution in [0.3, 0.4) is 0 Å². The van der Waals surface area contributed by atoms with Crippen LogP contribution in [0.1, 0.15) is 27.2 Å². The maximum Gasteiger partial charge on any atom is 0.333 e. The van der Waals surface area contributed by atoms with Crippen LogP contribution in [0, 0.1) is 10.1 Å². The SMILES string of the molecule is CCCOc1cccc(NC(C)(C)CN)c1[N+](=O)[O-]. The minimum atomic E-state index is -0.431. The smallest absolute Gasteiger partial charge is 0.333 e. The Bertz CT molecular complexity index is 447. The molecule has 0 aliphatic carbocycles. The lowest BCUT2D eigenvalue weighted by Gasteiger charge is -2.25. The van der Waals surface area contributed by atoms with E-state index in [1.165, 1.54) is 0 Å². The van der Waals surface area contributed by atoms with Crippen LogP contribution in [-0.2, 0) is 0 Å². The molecule has 6 heteroatoms. The summed E-state index contributed by atoms with van der Waals surface area (Å²) in [5.41, 5.74) is 5.59. The highest BCUT2D eigenvalue weighted by Crippen LogP contribution is 2.36. The van der Waals surface area contributed by atoms with Crippen molar-refractivity contribution < 1.29 is 9.66 Å². The Morgan fingerprint density at radius 2 is 2.16 bits per heavy atom. The van der Waals surface area contributed by atoms with E-state index in [1.807, 2.05) is 20.8 Å². The molecule has 106 valence electrons. The second-order valence-corrected chi connectivity index (χ2v) is 4.97. The number of rotatable bonds is 7. The molecule has 0 aliphatic heterocycles. The number of nitro benzene ring substituents is 1. The number of anilines is 1. The first-order valence-electron chi connectivity index (χ1n) is 6.29. The monoisotopic (exact) mass is 267 g/mol. The number of benzene rings is 1. The molecule has 6 nitrogen and oxygen atoms in total. The van der Waals surface area contributed by atoms with Crippen molar-refractivity contribution in [3.8, 4) is 5.75 Å². The van der Waals surface area contributed by atoms with Crippen LogP contribution < -0.4 is 15.8 Å². The van der Waals surface area contributed by atoms with Crippen molar-refractivity contribution in [2.75, 3.05) is 18.5 Å². The highest BCUT2D eigenvalue weighted by molar-refractivity contribution is 5.69. The molecule has 0 amide bonds. The number of para-hydroxylation sites is 1. The van der Waals surface area contributed by atoms with Crippen LogP contribution in [0.2, 0.25) is 0 Å². The van der Waals surface area contributed by atoms with Gasteiger partial charge in [0, 0.05) is 12.1 Å². The predicted octanol–water partition coefficient (Wildman–Crippen LogP) is 2.53. The highest BCUT2D eigenvalue weighted by atomic mass is 16.6. The van der Waals surface area contributed by atoms with Gasteiger partial charge in [0.25, 0.3) is 0 Å². The molecule has 1 aromatic rings. The number of nitrogens with two attached hydrogens (primary N) is 1. The van der Waals surface area contributed by atoms with Crippen molar-refractivity contribution in [3.63, 3.8) is 0 Å². The fraction of sp³-hybridized carbons (Fsp3) is 0.538. The zero-order valence-corrected chi connectivity index (χ0v) is 11.6. The molecule has 0 heterocycles. The first-order chi connectivity index (χ1) is 8.91. The van der Waals surface area contributed by atoms with Crippen molar-refractivity contribution in [2.45, 2.75) is 32.7 Å². The lowest BCUT2D eigenvalue weighted by atomic mass is 10.1. The van der Waals surface area contributed by atoms with Gasteiger partial charge in [-0.25, -0.2) is 0 Å². The van der Waals surface area contributed by atoms with E-state index in [0.29, 0.717) is 18.8 Å². The molecule has 0 atom stereocenters. The third kappa shape index (κ3) is 4.10. The Labute approximate surface area is 113 Å². The molecule has 0 aromatic heterocycles. The topological polar surface area (TPSA) is 90.4 Å². The first kappa shape index (κ1) is 15.2. The highest BCUT2D eigenvalue weighted by Gasteiger charge is 2.25. The third-order valence-electron chi connectivity index (χ3n) is 2.63. The zero-order chi connectivity index (χ0) is 14.5. The maximum atomic E-state index is 11.2. The molecular formula is C13H21N3O3. The minimum absolute atomic E-state index is 0.0440. The molecule has 0 radical (unpaired) electrons. The molecule has 1 rings (SSSR count). The maximum absolute atomic E-state index is 11.2. The summed E-state index contributed by atoms with van der Waals surface area (Å²) in [5, 5.41) is 14.3. The van der Waals surface area contributed by atoms with E-state index in [1.54, 1.807) is 18.2 Å². The summed E-state index contributed by atoms with van der Waals surface area (Å²) in [7, 11) is 0. The number of nitrogens with one attached hydrogen (secondary N) is 1. The van der Waals surface area contributed by atoms with E-state index in [0.717, 1.165) is 6.42 Å². The summed E-state index contributed by atoms with van der Waals surface area (Å²) < 4.78 is 5.42. The quantitative estimate of drug-likeness (QED) is 0.585. The van der Waals surface area contributed by atoms with Crippen molar-refractivity contribution in [2.24, 2.45) is 5.73 Å². The van der Waals surface area contributed by atoms with Gasteiger partial charge in [0.2, 0.25) is 0 Å². The van der Waals surface area contributed by atoms with Gasteiger partial charge >= 0.3 is 5.69 Å². The average molecular weight is 267 g/mol. The number of ether oxygens (including phenoxy) is 1. The zero-order valence-electron chi connectivity index (χ0n) is 11.6. The summed E-state index contributed by atoms with van der Waals surface area (Å²) in [6.07, 6.45) is 0.795. The van der Waals surface area contributed by atoms with Gasteiger partial charge in [0.1, 0.15) is 5.69 Å². The van der Waals surface area contributed by atoms with Crippen LogP contribution in [-0.4, -0.2) is 23.6 Å². The third-order valence-corrected chi connectivity index (χ3v) is 2.63. The van der Waals surface area contributed by atoms with Crippen LogP contribution in [0.5, 0.6) is 5.75 Å². The van der Waals surface area contributed by atoms with Crippen LogP contribution in [0.15, 0.2) is 18.2 Å². The van der Waals surface area contributed by atoms with E-state index in [4.69, 9.17) is 10.5 Å². The Hall–Kier alpha value is -1.82. The Morgan fingerprint density at radius 3 is 2.68 bits per heavy atom. The van der Waals surface area contributed by atoms with E-state index < -0.39 is 10.5 Å². The van der Waals surface area contributed by atoms with Crippen molar-refractivity contribution >= 4 is 11.4 Å². The van der Waals surface area contributed by atoms with Crippen molar-refractivity contribution in [3.05, 3.63) is 28.3 Å². The predicted molar refractivity (Wildman–Crippen MR) is 75.6 cm³/mol. The number of hydrogen-bond donors (Lipinski definition) is 2. The van der Waals surface area contributed by atoms with Gasteiger partial charge < -0.3 is 15.8 Å². The standard InChI is InChI=1S/C13H21N3O3/c1-4-8-19-11-7-5-6-10(12(11)16(17)18)15-13(2,3)9-14/h5-7,15H,4,8-9,14H2,1-3H3. The molecule has 19 heavy (non-hydrogen) atoms. The Morgan fingerprint density at radius 1 is 1.47 bits per heavy atom. The summed E-state index contributed by atoms with van der Waals surface area (Å²) in [6, 6.07) is 5.00. The molecule has 0 spiro atoms. The van der Waals surface area contributed by atoms with E-state index in [9.17, 15) is 10.1 Å². The van der Waals surface area contributed by atoms with Crippen LogP contribution in [0.25, 0.3) is 0 Å². The van der Waals surface area contributed by atoms with Gasteiger partial charge in [-0.3, -0.25) is 10.1 Å². The van der Waals surface area contributed by atoms with Gasteiger partial charge in [0.15, 0.2) is 5.75 Å². The molecular weight excluding hydrogens is 246 g/mol. The molecule has 0 saturated carbocycles. The molecule has 0 fully saturated rings. The van der Waals surface area contributed by atoms with Gasteiger partial charge in [-0.05, 0) is 32.4 Å². The van der Waals surface area contributed by atoms with Gasteiger partial charge in [-0.15, -0.1) is 0 Å². The first-order valence-corrected chi connectivity index (χ1v) is 6.29. The summed E-state index contributed by atoms with van der Waals surface area (Å²) in [6.45, 7) is 6.53. The van der Waals surface area contributed by atoms with E-state index in [-0.39, 0.29) is 11.4 Å². The fourth-order valence-corrected chi connectivity index (χ4v) is 1.56. The summed E-state index contributed by atoms with van der Waals surface area (Å²) in [5.74, 6) is 0.282. The van der Waals surface area contributed by atoms with E-state index >= 15 is 0 Å². The second kappa shape index (κ2) is 6.38. The lowest BCUT2D eigenvalue weighted by molar-refractivity contribution is -0.385. The summed E-state index contributed by atoms with van der Waals surface area (Å²) >= 11 is 0. The van der Waals surface area contributed by atoms with Gasteiger partial charge in [-0.1, -0.05) is 13.0 Å².